The van der Waals surface area contributed by atoms with Crippen LogP contribution in [0.4, 0.5) is 4.39 Å². The zero-order valence-corrected chi connectivity index (χ0v) is 25.0. The first kappa shape index (κ1) is 28.2. The molecule has 0 saturated heterocycles. The second-order valence-electron chi connectivity index (χ2n) is 10.1. The Morgan fingerprint density at radius 2 is 1.89 bits per heavy atom. The average molecular weight is 617 g/mol. The molecule has 0 saturated carbocycles. The number of hydrogen-bond donors (Lipinski definition) is 0. The van der Waals surface area contributed by atoms with Crippen LogP contribution in [0.2, 0.25) is 5.02 Å². The Balaban J connectivity index is 1.89. The van der Waals surface area contributed by atoms with Gasteiger partial charge in [-0.1, -0.05) is 56.6 Å². The van der Waals surface area contributed by atoms with Crippen molar-refractivity contribution in [3.63, 3.8) is 0 Å². The first-order chi connectivity index (χ1) is 17.9. The van der Waals surface area contributed by atoms with Gasteiger partial charge in [-0.2, -0.15) is 5.10 Å². The van der Waals surface area contributed by atoms with Gasteiger partial charge in [0.15, 0.2) is 5.78 Å². The molecule has 0 amide bonds. The second kappa shape index (κ2) is 11.1. The minimum atomic E-state index is -0.512. The zero-order valence-electron chi connectivity index (χ0n) is 21.8. The summed E-state index contributed by atoms with van der Waals surface area (Å²) in [6.45, 7) is 10.8. The summed E-state index contributed by atoms with van der Waals surface area (Å²) in [6.07, 6.45) is 4.59. The van der Waals surface area contributed by atoms with Gasteiger partial charge < -0.3 is 0 Å². The average Bonchev–Trinajstić information content (AvgIpc) is 3.35. The normalized spacial score (nSPS) is 12.9. The number of Topliss-reactive ketones (excluding diaryl/α,β-unsaturated/α-hetero) is 1. The largest absolute Gasteiger partial charge is 0.293 e. The van der Waals surface area contributed by atoms with Crippen molar-refractivity contribution in [2.24, 2.45) is 0 Å². The van der Waals surface area contributed by atoms with E-state index in [-0.39, 0.29) is 38.4 Å². The Hall–Kier alpha value is -2.81. The maximum absolute atomic E-state index is 14.7. The lowest BCUT2D eigenvalue weighted by atomic mass is 9.86. The minimum absolute atomic E-state index is 0.0353. The number of ketones is 1. The molecule has 0 N–H and O–H groups in total. The van der Waals surface area contributed by atoms with Gasteiger partial charge in [0.05, 0.1) is 32.5 Å². The molecular weight excluding hydrogens is 589 g/mol. The van der Waals surface area contributed by atoms with Gasteiger partial charge in [0, 0.05) is 23.7 Å². The van der Waals surface area contributed by atoms with Crippen molar-refractivity contribution < 1.29 is 9.18 Å². The highest BCUT2D eigenvalue weighted by molar-refractivity contribution is 9.10. The van der Waals surface area contributed by atoms with Gasteiger partial charge in [-0.3, -0.25) is 18.8 Å². The third-order valence-electron chi connectivity index (χ3n) is 6.23. The Labute approximate surface area is 238 Å². The Kier molecular flexibility index (Phi) is 8.26. The fourth-order valence-electron chi connectivity index (χ4n) is 4.07. The lowest BCUT2D eigenvalue weighted by Gasteiger charge is -2.18. The van der Waals surface area contributed by atoms with Crippen molar-refractivity contribution in [2.75, 3.05) is 0 Å². The molecule has 0 fully saturated rings. The van der Waals surface area contributed by atoms with Crippen LogP contribution in [-0.4, -0.2) is 20.1 Å². The second-order valence-corrected chi connectivity index (χ2v) is 12.4. The molecule has 38 heavy (non-hydrogen) atoms. The topological polar surface area (TPSA) is 56.9 Å². The number of carbonyl (C=O) groups excluding carboxylic acids is 1. The number of rotatable bonds is 6. The molecule has 0 radical (unpaired) electrons. The number of carbonyl (C=O) groups is 1. The molecule has 2 heterocycles. The number of halogens is 3. The third-order valence-corrected chi connectivity index (χ3v) is 8.27. The highest BCUT2D eigenvalue weighted by atomic mass is 79.9. The van der Waals surface area contributed by atoms with E-state index >= 15 is 0 Å². The quantitative estimate of drug-likeness (QED) is 0.256. The number of aryl methyl sites for hydroxylation is 2. The molecule has 5 nitrogen and oxygen atoms in total. The first-order valence-corrected chi connectivity index (χ1v) is 14.1. The molecule has 9 heteroatoms. The van der Waals surface area contributed by atoms with E-state index in [4.69, 9.17) is 11.6 Å². The molecular formula is C29H28BrClFN3O2S. The summed E-state index contributed by atoms with van der Waals surface area (Å²) < 4.78 is 19.5. The van der Waals surface area contributed by atoms with Crippen molar-refractivity contribution >= 4 is 56.8 Å². The summed E-state index contributed by atoms with van der Waals surface area (Å²) in [5.41, 5.74) is 2.86. The molecule has 0 bridgehead atoms. The standard InChI is InChI=1S/C29H28BrClFN3O2S/c1-6-35-24(21(30)15-33-35)16-34-27(14-25(36)18-7-9-19(10-8-18)29(3,4)5)38-26(28(34)37)13-20-22(31)11-17(2)12-23(20)32/h7-15H,6,16H2,1-5H3/b26-13-,27-14-. The summed E-state index contributed by atoms with van der Waals surface area (Å²) in [5, 5.41) is 4.55. The van der Waals surface area contributed by atoms with E-state index in [1.54, 1.807) is 36.0 Å². The fraction of sp³-hybridized carbons (Fsp3) is 0.276. The van der Waals surface area contributed by atoms with Gasteiger partial charge in [0.2, 0.25) is 0 Å². The number of thiazole rings is 1. The predicted molar refractivity (Wildman–Crippen MR) is 156 cm³/mol. The fourth-order valence-corrected chi connectivity index (χ4v) is 5.83. The van der Waals surface area contributed by atoms with E-state index in [9.17, 15) is 14.0 Å². The van der Waals surface area contributed by atoms with E-state index in [0.29, 0.717) is 22.3 Å². The van der Waals surface area contributed by atoms with Crippen LogP contribution in [0.3, 0.4) is 0 Å². The summed E-state index contributed by atoms with van der Waals surface area (Å²) in [4.78, 5) is 26.9. The lowest BCUT2D eigenvalue weighted by molar-refractivity contribution is 0.106. The van der Waals surface area contributed by atoms with Crippen LogP contribution in [0, 0.1) is 12.7 Å². The van der Waals surface area contributed by atoms with Crippen molar-refractivity contribution in [2.45, 2.75) is 53.1 Å². The van der Waals surface area contributed by atoms with Crippen LogP contribution in [0.15, 0.2) is 51.9 Å². The van der Waals surface area contributed by atoms with Crippen LogP contribution in [0.25, 0.3) is 12.2 Å². The monoisotopic (exact) mass is 615 g/mol. The summed E-state index contributed by atoms with van der Waals surface area (Å²) >= 11 is 10.9. The maximum Gasteiger partial charge on any atom is 0.269 e. The van der Waals surface area contributed by atoms with Gasteiger partial charge >= 0.3 is 0 Å². The van der Waals surface area contributed by atoms with E-state index in [2.05, 4.69) is 41.8 Å². The van der Waals surface area contributed by atoms with Crippen LogP contribution in [-0.2, 0) is 18.5 Å². The third kappa shape index (κ3) is 5.92. The number of hydrogen-bond acceptors (Lipinski definition) is 4. The number of benzene rings is 2. The summed E-state index contributed by atoms with van der Waals surface area (Å²) in [6, 6.07) is 10.5. The lowest BCUT2D eigenvalue weighted by Crippen LogP contribution is -2.33. The summed E-state index contributed by atoms with van der Waals surface area (Å²) in [5.74, 6) is -0.740. The Morgan fingerprint density at radius 3 is 2.50 bits per heavy atom. The maximum atomic E-state index is 14.7. The van der Waals surface area contributed by atoms with Gasteiger partial charge in [-0.05, 0) is 64.5 Å². The van der Waals surface area contributed by atoms with Crippen molar-refractivity contribution in [1.29, 1.82) is 0 Å². The van der Waals surface area contributed by atoms with E-state index < -0.39 is 5.82 Å². The molecule has 0 aliphatic carbocycles. The molecule has 0 atom stereocenters. The van der Waals surface area contributed by atoms with E-state index in [1.165, 1.54) is 22.8 Å². The molecule has 4 aromatic rings. The minimum Gasteiger partial charge on any atom is -0.293 e. The molecule has 0 aliphatic heterocycles. The molecule has 2 aromatic heterocycles. The van der Waals surface area contributed by atoms with Crippen LogP contribution >= 0.6 is 38.9 Å². The van der Waals surface area contributed by atoms with E-state index in [1.807, 2.05) is 19.1 Å². The van der Waals surface area contributed by atoms with Crippen LogP contribution in [0.1, 0.15) is 60.4 Å². The molecule has 2 aromatic carbocycles. The highest BCUT2D eigenvalue weighted by Crippen LogP contribution is 2.23. The summed E-state index contributed by atoms with van der Waals surface area (Å²) in [7, 11) is 0. The first-order valence-electron chi connectivity index (χ1n) is 12.1. The van der Waals surface area contributed by atoms with Crippen molar-refractivity contribution in [3.05, 3.63) is 105 Å². The van der Waals surface area contributed by atoms with Gasteiger partial charge in [0.25, 0.3) is 5.56 Å². The zero-order chi connectivity index (χ0) is 27.8. The molecule has 0 unspecified atom stereocenters. The molecule has 0 spiro atoms. The van der Waals surface area contributed by atoms with Crippen LogP contribution < -0.4 is 14.8 Å². The van der Waals surface area contributed by atoms with Gasteiger partial charge in [-0.15, -0.1) is 11.3 Å². The van der Waals surface area contributed by atoms with Gasteiger partial charge in [0.1, 0.15) is 10.5 Å². The Morgan fingerprint density at radius 1 is 1.21 bits per heavy atom. The predicted octanol–water partition coefficient (Wildman–Crippen LogP) is 5.83. The SMILES string of the molecule is CCn1ncc(Br)c1Cn1c(=O)/c(=C/c2c(F)cc(C)cc2Cl)s/c1=C\C(=O)c1ccc(C(C)(C)C)cc1. The molecule has 4 rings (SSSR count). The van der Waals surface area contributed by atoms with Crippen molar-refractivity contribution in [1.82, 2.24) is 14.3 Å². The molecule has 0 aliphatic rings. The number of aromatic nitrogens is 3. The smallest absolute Gasteiger partial charge is 0.269 e. The molecule has 198 valence electrons. The van der Waals surface area contributed by atoms with Gasteiger partial charge in [-0.25, -0.2) is 4.39 Å². The highest BCUT2D eigenvalue weighted by Gasteiger charge is 2.16. The van der Waals surface area contributed by atoms with Crippen molar-refractivity contribution in [3.8, 4) is 0 Å². The van der Waals surface area contributed by atoms with Crippen LogP contribution in [0.5, 0.6) is 0 Å². The Bertz CT molecular complexity index is 1670. The van der Waals surface area contributed by atoms with E-state index in [0.717, 1.165) is 27.1 Å². The number of nitrogens with zero attached hydrogens (tertiary/aromatic N) is 3.